The fourth-order valence-corrected chi connectivity index (χ4v) is 2.46. The minimum Gasteiger partial charge on any atom is -0.496 e. The Hall–Kier alpha value is -0.640. The van der Waals surface area contributed by atoms with Crippen LogP contribution in [-0.4, -0.2) is 7.11 Å². The summed E-state index contributed by atoms with van der Waals surface area (Å²) in [5, 5.41) is -0.120. The van der Waals surface area contributed by atoms with Crippen LogP contribution in [0.15, 0.2) is 33.2 Å². The number of hydrogen-bond donors (Lipinski definition) is 0. The van der Waals surface area contributed by atoms with Gasteiger partial charge in [-0.05, 0) is 48.4 Å². The van der Waals surface area contributed by atoms with E-state index in [2.05, 4.69) is 15.9 Å². The van der Waals surface area contributed by atoms with Crippen LogP contribution in [0.4, 0.5) is 0 Å². The molecule has 0 bridgehead atoms. The Morgan fingerprint density at radius 1 is 1.33 bits per heavy atom. The molecule has 2 aromatic rings. The van der Waals surface area contributed by atoms with Crippen LogP contribution in [0.25, 0.3) is 0 Å². The lowest BCUT2D eigenvalue weighted by Crippen LogP contribution is -1.97. The summed E-state index contributed by atoms with van der Waals surface area (Å²) >= 11 is 15.6. The Morgan fingerprint density at radius 3 is 2.61 bits per heavy atom. The summed E-state index contributed by atoms with van der Waals surface area (Å²) in [7, 11) is 1.62. The molecule has 0 N–H and O–H groups in total. The molecule has 1 aromatic heterocycles. The predicted octanol–water partition coefficient (Wildman–Crippen LogP) is 5.34. The zero-order valence-corrected chi connectivity index (χ0v) is 12.9. The van der Waals surface area contributed by atoms with Crippen molar-refractivity contribution >= 4 is 39.1 Å². The molecule has 0 spiro atoms. The molecule has 2 nitrogen and oxygen atoms in total. The van der Waals surface area contributed by atoms with E-state index in [4.69, 9.17) is 32.4 Å². The van der Waals surface area contributed by atoms with Gasteiger partial charge in [-0.3, -0.25) is 0 Å². The molecule has 0 saturated carbocycles. The highest BCUT2D eigenvalue weighted by molar-refractivity contribution is 9.10. The van der Waals surface area contributed by atoms with Gasteiger partial charge in [0.15, 0.2) is 5.22 Å². The lowest BCUT2D eigenvalue weighted by atomic mass is 10.1. The van der Waals surface area contributed by atoms with E-state index in [1.807, 2.05) is 19.1 Å². The average Bonchev–Trinajstić information content (AvgIpc) is 2.78. The van der Waals surface area contributed by atoms with Crippen LogP contribution in [0.5, 0.6) is 5.75 Å². The number of halogens is 3. The first-order valence-corrected chi connectivity index (χ1v) is 6.87. The van der Waals surface area contributed by atoms with Crippen molar-refractivity contribution in [3.05, 3.63) is 50.8 Å². The fourth-order valence-electron chi connectivity index (χ4n) is 1.66. The Kier molecular flexibility index (Phi) is 4.25. The van der Waals surface area contributed by atoms with Gasteiger partial charge in [-0.15, -0.1) is 11.6 Å². The number of ether oxygens (including phenoxy) is 1. The molecule has 1 aromatic carbocycles. The van der Waals surface area contributed by atoms with E-state index in [-0.39, 0.29) is 0 Å². The molecule has 96 valence electrons. The Balaban J connectivity index is 2.46. The standard InChI is InChI=1S/C13H11BrCl2O2/c1-7-5-11(17-2)8(6-9(7)14)13(16)10-3-4-12(15)18-10/h3-6,13H,1-2H3. The maximum atomic E-state index is 6.40. The summed E-state index contributed by atoms with van der Waals surface area (Å²) in [4.78, 5) is 0. The molecule has 2 rings (SSSR count). The number of methoxy groups -OCH3 is 1. The first kappa shape index (κ1) is 13.8. The van der Waals surface area contributed by atoms with Crippen LogP contribution in [0, 0.1) is 6.92 Å². The molecule has 0 saturated heterocycles. The molecule has 0 radical (unpaired) electrons. The normalized spacial score (nSPS) is 12.5. The molecule has 18 heavy (non-hydrogen) atoms. The second-order valence-electron chi connectivity index (χ2n) is 3.85. The van der Waals surface area contributed by atoms with Crippen LogP contribution in [0.3, 0.4) is 0 Å². The van der Waals surface area contributed by atoms with Gasteiger partial charge in [0.1, 0.15) is 16.9 Å². The summed E-state index contributed by atoms with van der Waals surface area (Å²) in [5.74, 6) is 1.32. The molecule has 1 atom stereocenters. The number of furan rings is 1. The van der Waals surface area contributed by atoms with Crippen LogP contribution < -0.4 is 4.74 Å². The lowest BCUT2D eigenvalue weighted by Gasteiger charge is -2.14. The van der Waals surface area contributed by atoms with Crippen molar-refractivity contribution < 1.29 is 9.15 Å². The Labute approximate surface area is 124 Å². The van der Waals surface area contributed by atoms with Crippen LogP contribution in [-0.2, 0) is 0 Å². The highest BCUT2D eigenvalue weighted by Gasteiger charge is 2.20. The molecule has 0 aliphatic carbocycles. The van der Waals surface area contributed by atoms with Gasteiger partial charge in [0, 0.05) is 10.0 Å². The summed E-state index contributed by atoms with van der Waals surface area (Å²) < 4.78 is 11.7. The Bertz CT molecular complexity index is 566. The van der Waals surface area contributed by atoms with Crippen LogP contribution in [0.1, 0.15) is 22.3 Å². The average molecular weight is 350 g/mol. The molecule has 0 aliphatic heterocycles. The first-order chi connectivity index (χ1) is 8.52. The second kappa shape index (κ2) is 5.55. The lowest BCUT2D eigenvalue weighted by molar-refractivity contribution is 0.407. The van der Waals surface area contributed by atoms with Gasteiger partial charge in [0.2, 0.25) is 0 Å². The van der Waals surface area contributed by atoms with Crippen molar-refractivity contribution in [2.75, 3.05) is 7.11 Å². The van der Waals surface area contributed by atoms with E-state index >= 15 is 0 Å². The van der Waals surface area contributed by atoms with Crippen LogP contribution in [0.2, 0.25) is 5.22 Å². The minimum atomic E-state index is -0.440. The highest BCUT2D eigenvalue weighted by Crippen LogP contribution is 2.39. The molecule has 0 fully saturated rings. The first-order valence-electron chi connectivity index (χ1n) is 5.26. The summed E-state index contributed by atoms with van der Waals surface area (Å²) in [5.41, 5.74) is 1.92. The molecular weight excluding hydrogens is 339 g/mol. The van der Waals surface area contributed by atoms with E-state index in [1.165, 1.54) is 0 Å². The van der Waals surface area contributed by atoms with Gasteiger partial charge >= 0.3 is 0 Å². The van der Waals surface area contributed by atoms with Gasteiger partial charge < -0.3 is 9.15 Å². The minimum absolute atomic E-state index is 0.320. The third-order valence-electron chi connectivity index (χ3n) is 2.63. The summed E-state index contributed by atoms with van der Waals surface area (Å²) in [6, 6.07) is 7.29. The number of hydrogen-bond acceptors (Lipinski definition) is 2. The maximum Gasteiger partial charge on any atom is 0.193 e. The number of rotatable bonds is 3. The molecule has 1 heterocycles. The third kappa shape index (κ3) is 2.68. The van der Waals surface area contributed by atoms with Crippen molar-refractivity contribution in [3.63, 3.8) is 0 Å². The van der Waals surface area contributed by atoms with Gasteiger partial charge in [-0.2, -0.15) is 0 Å². The van der Waals surface area contributed by atoms with Gasteiger partial charge in [-0.1, -0.05) is 15.9 Å². The maximum absolute atomic E-state index is 6.40. The second-order valence-corrected chi connectivity index (χ2v) is 5.51. The van der Waals surface area contributed by atoms with Crippen LogP contribution >= 0.6 is 39.1 Å². The van der Waals surface area contributed by atoms with Gasteiger partial charge in [-0.25, -0.2) is 0 Å². The number of alkyl halides is 1. The summed E-state index contributed by atoms with van der Waals surface area (Å²) in [6.07, 6.45) is 0. The van der Waals surface area contributed by atoms with E-state index in [1.54, 1.807) is 19.2 Å². The molecule has 5 heteroatoms. The zero-order valence-electron chi connectivity index (χ0n) is 9.84. The number of aryl methyl sites for hydroxylation is 1. The highest BCUT2D eigenvalue weighted by atomic mass is 79.9. The quantitative estimate of drug-likeness (QED) is 0.698. The summed E-state index contributed by atoms with van der Waals surface area (Å²) in [6.45, 7) is 1.99. The monoisotopic (exact) mass is 348 g/mol. The van der Waals surface area contributed by atoms with Crippen molar-refractivity contribution in [1.82, 2.24) is 0 Å². The number of benzene rings is 1. The van der Waals surface area contributed by atoms with Gasteiger partial charge in [0.05, 0.1) is 7.11 Å². The molecule has 0 aliphatic rings. The fraction of sp³-hybridized carbons (Fsp3) is 0.231. The van der Waals surface area contributed by atoms with E-state index in [9.17, 15) is 0 Å². The molecule has 1 unspecified atom stereocenters. The SMILES string of the molecule is COc1cc(C)c(Br)cc1C(Cl)c1ccc(Cl)o1. The van der Waals surface area contributed by atoms with Crippen molar-refractivity contribution in [2.45, 2.75) is 12.3 Å². The van der Waals surface area contributed by atoms with Crippen molar-refractivity contribution in [3.8, 4) is 5.75 Å². The molecule has 0 amide bonds. The van der Waals surface area contributed by atoms with E-state index in [0.717, 1.165) is 21.3 Å². The molecular formula is C13H11BrCl2O2. The van der Waals surface area contributed by atoms with Gasteiger partial charge in [0.25, 0.3) is 0 Å². The van der Waals surface area contributed by atoms with E-state index in [0.29, 0.717) is 11.0 Å². The van der Waals surface area contributed by atoms with E-state index < -0.39 is 5.38 Å². The predicted molar refractivity (Wildman–Crippen MR) is 76.8 cm³/mol. The Morgan fingerprint density at radius 2 is 2.06 bits per heavy atom. The zero-order chi connectivity index (χ0) is 13.3. The largest absolute Gasteiger partial charge is 0.496 e. The van der Waals surface area contributed by atoms with Crippen molar-refractivity contribution in [1.29, 1.82) is 0 Å². The third-order valence-corrected chi connectivity index (χ3v) is 4.14. The topological polar surface area (TPSA) is 22.4 Å². The smallest absolute Gasteiger partial charge is 0.193 e. The van der Waals surface area contributed by atoms with Crippen molar-refractivity contribution in [2.24, 2.45) is 0 Å².